The van der Waals surface area contributed by atoms with Crippen molar-refractivity contribution in [3.05, 3.63) is 60.5 Å². The summed E-state index contributed by atoms with van der Waals surface area (Å²) in [5.41, 5.74) is 1.37. The molecule has 0 aromatic heterocycles. The quantitative estimate of drug-likeness (QED) is 0.663. The summed E-state index contributed by atoms with van der Waals surface area (Å²) in [6.45, 7) is 0.191. The van der Waals surface area contributed by atoms with E-state index in [0.29, 0.717) is 5.56 Å². The molecule has 2 rings (SSSR count). The van der Waals surface area contributed by atoms with Crippen molar-refractivity contribution in [2.75, 3.05) is 0 Å². The van der Waals surface area contributed by atoms with Gasteiger partial charge in [0.25, 0.3) is 0 Å². The maximum Gasteiger partial charge on any atom is 0.146 e. The Bertz CT molecular complexity index is 564. The largest absolute Gasteiger partial charge is 0.487 e. The van der Waals surface area contributed by atoms with Crippen LogP contribution in [0.4, 0.5) is 4.39 Å². The fourth-order valence-corrected chi connectivity index (χ4v) is 3.82. The molecule has 0 radical (unpaired) electrons. The van der Waals surface area contributed by atoms with Crippen LogP contribution in [-0.2, 0) is 13.2 Å². The topological polar surface area (TPSA) is 29.5 Å². The third kappa shape index (κ3) is 3.79. The summed E-state index contributed by atoms with van der Waals surface area (Å²) in [6.07, 6.45) is 0. The zero-order valence-electron chi connectivity index (χ0n) is 9.87. The lowest BCUT2D eigenvalue weighted by atomic mass is 10.2. The molecule has 100 valence electrons. The molecule has 0 saturated carbocycles. The SMILES string of the molecule is OCc1cc(I)c(OCc2ccccc2F)c(I)c1. The summed E-state index contributed by atoms with van der Waals surface area (Å²) < 4.78 is 21.0. The minimum absolute atomic E-state index is 0.000400. The molecule has 0 aliphatic rings. The molecule has 0 atom stereocenters. The van der Waals surface area contributed by atoms with Gasteiger partial charge in [0.2, 0.25) is 0 Å². The zero-order chi connectivity index (χ0) is 13.8. The first-order valence-electron chi connectivity index (χ1n) is 5.57. The van der Waals surface area contributed by atoms with Gasteiger partial charge in [-0.2, -0.15) is 0 Å². The van der Waals surface area contributed by atoms with Crippen LogP contribution in [-0.4, -0.2) is 5.11 Å². The minimum atomic E-state index is -0.264. The van der Waals surface area contributed by atoms with Gasteiger partial charge in [0.15, 0.2) is 0 Å². The fourth-order valence-electron chi connectivity index (χ4n) is 1.61. The number of hydrogen-bond donors (Lipinski definition) is 1. The normalized spacial score (nSPS) is 10.5. The van der Waals surface area contributed by atoms with E-state index in [-0.39, 0.29) is 19.0 Å². The Hall–Kier alpha value is -0.410. The van der Waals surface area contributed by atoms with Crippen LogP contribution in [0, 0.1) is 13.0 Å². The standard InChI is InChI=1S/C14H11FI2O2/c15-11-4-2-1-3-10(11)8-19-14-12(16)5-9(7-18)6-13(14)17/h1-6,18H,7-8H2. The van der Waals surface area contributed by atoms with Crippen molar-refractivity contribution in [2.24, 2.45) is 0 Å². The van der Waals surface area contributed by atoms with E-state index in [1.54, 1.807) is 18.2 Å². The number of benzene rings is 2. The predicted molar refractivity (Wildman–Crippen MR) is 88.5 cm³/mol. The lowest BCUT2D eigenvalue weighted by Gasteiger charge is -2.12. The maximum absolute atomic E-state index is 13.5. The number of aliphatic hydroxyl groups is 1. The molecule has 2 aromatic carbocycles. The van der Waals surface area contributed by atoms with E-state index in [2.05, 4.69) is 45.2 Å². The van der Waals surface area contributed by atoms with E-state index in [0.717, 1.165) is 18.5 Å². The maximum atomic E-state index is 13.5. The van der Waals surface area contributed by atoms with Crippen LogP contribution < -0.4 is 4.74 Å². The molecule has 19 heavy (non-hydrogen) atoms. The summed E-state index contributed by atoms with van der Waals surface area (Å²) in [5.74, 6) is 0.459. The van der Waals surface area contributed by atoms with Crippen LogP contribution in [0.1, 0.15) is 11.1 Å². The highest BCUT2D eigenvalue weighted by molar-refractivity contribution is 14.1. The first-order chi connectivity index (χ1) is 9.11. The van der Waals surface area contributed by atoms with Crippen molar-refractivity contribution >= 4 is 45.2 Å². The highest BCUT2D eigenvalue weighted by atomic mass is 127. The first-order valence-corrected chi connectivity index (χ1v) is 7.72. The second-order valence-corrected chi connectivity index (χ2v) is 6.25. The van der Waals surface area contributed by atoms with Gasteiger partial charge in [-0.05, 0) is 68.9 Å². The average Bonchev–Trinajstić information content (AvgIpc) is 2.39. The lowest BCUT2D eigenvalue weighted by molar-refractivity contribution is 0.279. The Morgan fingerprint density at radius 3 is 2.32 bits per heavy atom. The van der Waals surface area contributed by atoms with Gasteiger partial charge in [0.05, 0.1) is 13.7 Å². The molecule has 5 heteroatoms. The van der Waals surface area contributed by atoms with Crippen LogP contribution in [0.2, 0.25) is 0 Å². The average molecular weight is 484 g/mol. The summed E-state index contributed by atoms with van der Waals surface area (Å²) >= 11 is 4.30. The molecule has 1 N–H and O–H groups in total. The highest BCUT2D eigenvalue weighted by Gasteiger charge is 2.10. The van der Waals surface area contributed by atoms with Crippen molar-refractivity contribution in [3.8, 4) is 5.75 Å². The van der Waals surface area contributed by atoms with Gasteiger partial charge >= 0.3 is 0 Å². The molecule has 0 unspecified atom stereocenters. The molecule has 0 bridgehead atoms. The molecule has 0 amide bonds. The molecule has 2 nitrogen and oxygen atoms in total. The monoisotopic (exact) mass is 484 g/mol. The lowest BCUT2D eigenvalue weighted by Crippen LogP contribution is -2.02. The third-order valence-electron chi connectivity index (χ3n) is 2.57. The molecule has 0 aliphatic heterocycles. The van der Waals surface area contributed by atoms with Gasteiger partial charge in [-0.1, -0.05) is 18.2 Å². The van der Waals surface area contributed by atoms with Crippen LogP contribution in [0.15, 0.2) is 36.4 Å². The Labute approximate surface area is 138 Å². The molecule has 0 heterocycles. The van der Waals surface area contributed by atoms with Gasteiger partial charge in [0, 0.05) is 5.56 Å². The van der Waals surface area contributed by atoms with Gasteiger partial charge in [-0.25, -0.2) is 4.39 Å². The van der Waals surface area contributed by atoms with E-state index in [4.69, 9.17) is 9.84 Å². The van der Waals surface area contributed by atoms with Crippen molar-refractivity contribution in [1.29, 1.82) is 0 Å². The Kier molecular flexibility index (Phi) is 5.40. The number of hydrogen-bond acceptors (Lipinski definition) is 2. The number of rotatable bonds is 4. The van der Waals surface area contributed by atoms with Crippen molar-refractivity contribution in [2.45, 2.75) is 13.2 Å². The van der Waals surface area contributed by atoms with Gasteiger partial charge in [-0.15, -0.1) is 0 Å². The molecular weight excluding hydrogens is 473 g/mol. The number of halogens is 3. The molecule has 0 saturated heterocycles. The van der Waals surface area contributed by atoms with Crippen LogP contribution in [0.25, 0.3) is 0 Å². The Morgan fingerprint density at radius 1 is 1.11 bits per heavy atom. The van der Waals surface area contributed by atoms with Crippen molar-refractivity contribution < 1.29 is 14.2 Å². The van der Waals surface area contributed by atoms with E-state index in [1.807, 2.05) is 12.1 Å². The van der Waals surface area contributed by atoms with Crippen LogP contribution in [0.3, 0.4) is 0 Å². The zero-order valence-corrected chi connectivity index (χ0v) is 14.2. The molecule has 0 aliphatic carbocycles. The van der Waals surface area contributed by atoms with E-state index >= 15 is 0 Å². The predicted octanol–water partition coefficient (Wildman–Crippen LogP) is 4.11. The van der Waals surface area contributed by atoms with Crippen molar-refractivity contribution in [3.63, 3.8) is 0 Å². The van der Waals surface area contributed by atoms with Gasteiger partial charge in [-0.3, -0.25) is 0 Å². The summed E-state index contributed by atoms with van der Waals surface area (Å²) in [6, 6.07) is 10.3. The van der Waals surface area contributed by atoms with Crippen molar-refractivity contribution in [1.82, 2.24) is 0 Å². The molecule has 0 fully saturated rings. The summed E-state index contributed by atoms with van der Waals surface area (Å²) in [4.78, 5) is 0. The summed E-state index contributed by atoms with van der Waals surface area (Å²) in [5, 5.41) is 9.12. The third-order valence-corrected chi connectivity index (χ3v) is 4.17. The van der Waals surface area contributed by atoms with Crippen LogP contribution >= 0.6 is 45.2 Å². The minimum Gasteiger partial charge on any atom is -0.487 e. The Morgan fingerprint density at radius 2 is 1.74 bits per heavy atom. The molecule has 2 aromatic rings. The van der Waals surface area contributed by atoms with Crippen LogP contribution in [0.5, 0.6) is 5.75 Å². The van der Waals surface area contributed by atoms with E-state index in [1.165, 1.54) is 6.07 Å². The second-order valence-electron chi connectivity index (χ2n) is 3.93. The first kappa shape index (κ1) is 15.0. The second kappa shape index (κ2) is 6.85. The summed E-state index contributed by atoms with van der Waals surface area (Å²) in [7, 11) is 0. The fraction of sp³-hybridized carbons (Fsp3) is 0.143. The van der Waals surface area contributed by atoms with E-state index < -0.39 is 0 Å². The Balaban J connectivity index is 2.18. The van der Waals surface area contributed by atoms with E-state index in [9.17, 15) is 4.39 Å². The molecular formula is C14H11FI2O2. The molecule has 0 spiro atoms. The highest BCUT2D eigenvalue weighted by Crippen LogP contribution is 2.29. The smallest absolute Gasteiger partial charge is 0.146 e. The number of aliphatic hydroxyl groups excluding tert-OH is 1. The van der Waals surface area contributed by atoms with Gasteiger partial charge in [0.1, 0.15) is 18.2 Å². The number of ether oxygens (including phenoxy) is 1. The van der Waals surface area contributed by atoms with Gasteiger partial charge < -0.3 is 9.84 Å².